The molecule has 1 aliphatic rings. The Kier molecular flexibility index (Phi) is 4.26. The lowest BCUT2D eigenvalue weighted by Gasteiger charge is -2.23. The van der Waals surface area contributed by atoms with E-state index in [9.17, 15) is 0 Å². The van der Waals surface area contributed by atoms with Crippen LogP contribution in [0.3, 0.4) is 0 Å². The Hall–Kier alpha value is -1.80. The lowest BCUT2D eigenvalue weighted by Crippen LogP contribution is -2.26. The first-order valence-electron chi connectivity index (χ1n) is 7.73. The highest BCUT2D eigenvalue weighted by Gasteiger charge is 2.16. The lowest BCUT2D eigenvalue weighted by atomic mass is 9.87. The molecular weight excluding hydrogens is 258 g/mol. The van der Waals surface area contributed by atoms with Crippen molar-refractivity contribution < 1.29 is 4.74 Å². The SMILES string of the molecule is COc1cccc(-c2ccc(C3CCNCC3)cc2C)c1. The molecule has 0 aromatic heterocycles. The predicted molar refractivity (Wildman–Crippen MR) is 88.0 cm³/mol. The summed E-state index contributed by atoms with van der Waals surface area (Å²) in [5, 5.41) is 3.44. The summed E-state index contributed by atoms with van der Waals surface area (Å²) >= 11 is 0. The first-order valence-corrected chi connectivity index (χ1v) is 7.73. The van der Waals surface area contributed by atoms with Crippen LogP contribution in [0.25, 0.3) is 11.1 Å². The summed E-state index contributed by atoms with van der Waals surface area (Å²) in [7, 11) is 1.71. The third kappa shape index (κ3) is 3.11. The van der Waals surface area contributed by atoms with Crippen LogP contribution in [0, 0.1) is 6.92 Å². The van der Waals surface area contributed by atoms with E-state index in [0.717, 1.165) is 18.8 Å². The van der Waals surface area contributed by atoms with Crippen LogP contribution in [0.2, 0.25) is 0 Å². The Morgan fingerprint density at radius 3 is 2.57 bits per heavy atom. The second kappa shape index (κ2) is 6.31. The maximum absolute atomic E-state index is 5.33. The zero-order valence-corrected chi connectivity index (χ0v) is 12.9. The van der Waals surface area contributed by atoms with Crippen molar-refractivity contribution in [2.45, 2.75) is 25.7 Å². The van der Waals surface area contributed by atoms with Gasteiger partial charge in [-0.25, -0.2) is 0 Å². The molecule has 0 amide bonds. The van der Waals surface area contributed by atoms with E-state index >= 15 is 0 Å². The van der Waals surface area contributed by atoms with Crippen molar-refractivity contribution in [3.05, 3.63) is 53.6 Å². The van der Waals surface area contributed by atoms with Gasteiger partial charge in [0.2, 0.25) is 0 Å². The normalized spacial score (nSPS) is 15.9. The van der Waals surface area contributed by atoms with Gasteiger partial charge in [0, 0.05) is 0 Å². The summed E-state index contributed by atoms with van der Waals surface area (Å²) in [6.45, 7) is 4.49. The average Bonchev–Trinajstić information content (AvgIpc) is 2.55. The number of ether oxygens (including phenoxy) is 1. The van der Waals surface area contributed by atoms with Crippen LogP contribution in [0.4, 0.5) is 0 Å². The van der Waals surface area contributed by atoms with Gasteiger partial charge in [-0.05, 0) is 73.2 Å². The third-order valence-electron chi connectivity index (χ3n) is 4.44. The van der Waals surface area contributed by atoms with E-state index in [2.05, 4.69) is 42.6 Å². The van der Waals surface area contributed by atoms with Gasteiger partial charge < -0.3 is 10.1 Å². The van der Waals surface area contributed by atoms with Gasteiger partial charge in [0.15, 0.2) is 0 Å². The molecule has 0 saturated carbocycles. The third-order valence-corrected chi connectivity index (χ3v) is 4.44. The van der Waals surface area contributed by atoms with Gasteiger partial charge in [-0.2, -0.15) is 0 Å². The quantitative estimate of drug-likeness (QED) is 0.913. The van der Waals surface area contributed by atoms with Crippen LogP contribution >= 0.6 is 0 Å². The number of rotatable bonds is 3. The molecule has 0 aliphatic carbocycles. The van der Waals surface area contributed by atoms with Gasteiger partial charge in [0.25, 0.3) is 0 Å². The largest absolute Gasteiger partial charge is 0.497 e. The summed E-state index contributed by atoms with van der Waals surface area (Å²) in [4.78, 5) is 0. The minimum Gasteiger partial charge on any atom is -0.497 e. The molecule has 0 unspecified atom stereocenters. The van der Waals surface area contributed by atoms with Crippen LogP contribution < -0.4 is 10.1 Å². The number of hydrogen-bond donors (Lipinski definition) is 1. The Morgan fingerprint density at radius 2 is 1.86 bits per heavy atom. The molecule has 0 spiro atoms. The van der Waals surface area contributed by atoms with Crippen molar-refractivity contribution in [3.8, 4) is 16.9 Å². The van der Waals surface area contributed by atoms with Crippen LogP contribution in [-0.2, 0) is 0 Å². The number of aryl methyl sites for hydroxylation is 1. The van der Waals surface area contributed by atoms with Crippen molar-refractivity contribution in [2.24, 2.45) is 0 Å². The smallest absolute Gasteiger partial charge is 0.119 e. The molecular formula is C19H23NO. The molecule has 2 aromatic carbocycles. The van der Waals surface area contributed by atoms with Crippen molar-refractivity contribution in [3.63, 3.8) is 0 Å². The summed E-state index contributed by atoms with van der Waals surface area (Å²) in [6.07, 6.45) is 2.50. The van der Waals surface area contributed by atoms with Crippen molar-refractivity contribution in [1.82, 2.24) is 5.32 Å². The number of piperidine rings is 1. The van der Waals surface area contributed by atoms with E-state index in [-0.39, 0.29) is 0 Å². The van der Waals surface area contributed by atoms with Crippen LogP contribution in [0.5, 0.6) is 5.75 Å². The molecule has 1 N–H and O–H groups in total. The molecule has 2 heteroatoms. The summed E-state index contributed by atoms with van der Waals surface area (Å²) in [5.41, 5.74) is 5.36. The highest BCUT2D eigenvalue weighted by molar-refractivity contribution is 5.69. The molecule has 21 heavy (non-hydrogen) atoms. The standard InChI is InChI=1S/C19H23NO/c1-14-12-16(15-8-10-20-11-9-15)6-7-19(14)17-4-3-5-18(13-17)21-2/h3-7,12-13,15,20H,8-11H2,1-2H3. The lowest BCUT2D eigenvalue weighted by molar-refractivity contribution is 0.415. The van der Waals surface area contributed by atoms with E-state index in [1.54, 1.807) is 7.11 Å². The second-order valence-corrected chi connectivity index (χ2v) is 5.83. The van der Waals surface area contributed by atoms with E-state index in [1.807, 2.05) is 12.1 Å². The van der Waals surface area contributed by atoms with Gasteiger partial charge >= 0.3 is 0 Å². The molecule has 1 aliphatic heterocycles. The number of benzene rings is 2. The molecule has 110 valence electrons. The topological polar surface area (TPSA) is 21.3 Å². The molecule has 1 saturated heterocycles. The maximum Gasteiger partial charge on any atom is 0.119 e. The summed E-state index contributed by atoms with van der Waals surface area (Å²) < 4.78 is 5.33. The van der Waals surface area contributed by atoms with Gasteiger partial charge in [0.05, 0.1) is 7.11 Å². The Labute approximate surface area is 127 Å². The monoisotopic (exact) mass is 281 g/mol. The Bertz CT molecular complexity index is 615. The predicted octanol–water partition coefficient (Wildman–Crippen LogP) is 4.14. The number of methoxy groups -OCH3 is 1. The van der Waals surface area contributed by atoms with E-state index < -0.39 is 0 Å². The maximum atomic E-state index is 5.33. The number of hydrogen-bond acceptors (Lipinski definition) is 2. The summed E-state index contributed by atoms with van der Waals surface area (Å²) in [6, 6.07) is 15.2. The fraction of sp³-hybridized carbons (Fsp3) is 0.368. The molecule has 0 atom stereocenters. The van der Waals surface area contributed by atoms with Gasteiger partial charge in [-0.1, -0.05) is 30.3 Å². The van der Waals surface area contributed by atoms with E-state index in [4.69, 9.17) is 4.74 Å². The molecule has 0 bridgehead atoms. The minimum atomic E-state index is 0.712. The van der Waals surface area contributed by atoms with E-state index in [1.165, 1.54) is 35.1 Å². The van der Waals surface area contributed by atoms with Gasteiger partial charge in [-0.3, -0.25) is 0 Å². The van der Waals surface area contributed by atoms with Crippen LogP contribution in [-0.4, -0.2) is 20.2 Å². The molecule has 0 radical (unpaired) electrons. The Balaban J connectivity index is 1.90. The van der Waals surface area contributed by atoms with Crippen molar-refractivity contribution in [2.75, 3.05) is 20.2 Å². The highest BCUT2D eigenvalue weighted by atomic mass is 16.5. The zero-order valence-electron chi connectivity index (χ0n) is 12.9. The molecule has 1 fully saturated rings. The highest BCUT2D eigenvalue weighted by Crippen LogP contribution is 2.31. The molecule has 2 nitrogen and oxygen atoms in total. The summed E-state index contributed by atoms with van der Waals surface area (Å²) in [5.74, 6) is 1.62. The van der Waals surface area contributed by atoms with Crippen LogP contribution in [0.1, 0.15) is 29.9 Å². The second-order valence-electron chi connectivity index (χ2n) is 5.83. The average molecular weight is 281 g/mol. The van der Waals surface area contributed by atoms with Crippen molar-refractivity contribution in [1.29, 1.82) is 0 Å². The molecule has 1 heterocycles. The molecule has 2 aromatic rings. The first kappa shape index (κ1) is 14.2. The van der Waals surface area contributed by atoms with E-state index in [0.29, 0.717) is 5.92 Å². The molecule has 3 rings (SSSR count). The van der Waals surface area contributed by atoms with Crippen molar-refractivity contribution >= 4 is 0 Å². The van der Waals surface area contributed by atoms with Crippen LogP contribution in [0.15, 0.2) is 42.5 Å². The Morgan fingerprint density at radius 1 is 1.05 bits per heavy atom. The fourth-order valence-electron chi connectivity index (χ4n) is 3.21. The van der Waals surface area contributed by atoms with Gasteiger partial charge in [-0.15, -0.1) is 0 Å². The minimum absolute atomic E-state index is 0.712. The number of nitrogens with one attached hydrogen (secondary N) is 1. The van der Waals surface area contributed by atoms with Gasteiger partial charge in [0.1, 0.15) is 5.75 Å². The first-order chi connectivity index (χ1) is 10.3. The zero-order chi connectivity index (χ0) is 14.7. The fourth-order valence-corrected chi connectivity index (χ4v) is 3.21.